The maximum Gasteiger partial charge on any atom is 0.203 e. The van der Waals surface area contributed by atoms with Crippen LogP contribution in [0.2, 0.25) is 0 Å². The minimum atomic E-state index is 0.604. The van der Waals surface area contributed by atoms with Gasteiger partial charge in [0.1, 0.15) is 0 Å². The molecule has 0 aliphatic rings. The Balaban J connectivity index is 3.10. The number of ether oxygens (including phenoxy) is 3. The number of methoxy groups -OCH3 is 3. The molecule has 1 aromatic carbocycles. The van der Waals surface area contributed by atoms with E-state index in [1.54, 1.807) is 21.3 Å². The van der Waals surface area contributed by atoms with Gasteiger partial charge in [0, 0.05) is 5.33 Å². The van der Waals surface area contributed by atoms with Crippen molar-refractivity contribution in [1.29, 1.82) is 0 Å². The number of hydrogen-bond acceptors (Lipinski definition) is 3. The largest absolute Gasteiger partial charge is 0.493 e. The van der Waals surface area contributed by atoms with Gasteiger partial charge < -0.3 is 14.2 Å². The van der Waals surface area contributed by atoms with Gasteiger partial charge in [-0.3, -0.25) is 0 Å². The van der Waals surface area contributed by atoms with Crippen LogP contribution in [0.15, 0.2) is 23.8 Å². The van der Waals surface area contributed by atoms with E-state index in [9.17, 15) is 0 Å². The van der Waals surface area contributed by atoms with E-state index >= 15 is 0 Å². The number of halogens is 2. The Morgan fingerprint density at radius 3 is 2.14 bits per heavy atom. The van der Waals surface area contributed by atoms with Gasteiger partial charge in [0.2, 0.25) is 5.75 Å². The second-order valence-electron chi connectivity index (χ2n) is 4.10. The summed E-state index contributed by atoms with van der Waals surface area (Å²) in [6.45, 7) is 0. The Labute approximate surface area is 142 Å². The number of hydrogen-bond donors (Lipinski definition) is 0. The Bertz CT molecular complexity index is 531. The molecule has 0 amide bonds. The minimum Gasteiger partial charge on any atom is -0.493 e. The first-order valence-corrected chi connectivity index (χ1v) is 8.51. The van der Waals surface area contributed by atoms with E-state index in [-0.39, 0.29) is 0 Å². The normalized spacial score (nSPS) is 10.6. The summed E-state index contributed by atoms with van der Waals surface area (Å²) in [7, 11) is 4.83. The number of benzene rings is 1. The van der Waals surface area contributed by atoms with Crippen molar-refractivity contribution in [3.05, 3.63) is 29.3 Å². The summed E-state index contributed by atoms with van der Waals surface area (Å²) in [5, 5.41) is 1.43. The van der Waals surface area contributed by atoms with Crippen LogP contribution in [0, 0.1) is 11.8 Å². The molecule has 3 nitrogen and oxygen atoms in total. The molecular formula is C16H18Br2O3. The highest BCUT2D eigenvalue weighted by Gasteiger charge is 2.13. The van der Waals surface area contributed by atoms with Crippen molar-refractivity contribution in [1.82, 2.24) is 0 Å². The molecule has 0 heterocycles. The van der Waals surface area contributed by atoms with Gasteiger partial charge in [-0.25, -0.2) is 0 Å². The average molecular weight is 418 g/mol. The molecule has 5 heteroatoms. The van der Waals surface area contributed by atoms with Gasteiger partial charge in [-0.05, 0) is 35.8 Å². The smallest absolute Gasteiger partial charge is 0.203 e. The molecule has 21 heavy (non-hydrogen) atoms. The van der Waals surface area contributed by atoms with E-state index < -0.39 is 0 Å². The van der Waals surface area contributed by atoms with E-state index in [0.717, 1.165) is 17.3 Å². The Hall–Kier alpha value is -1.12. The second kappa shape index (κ2) is 9.75. The van der Waals surface area contributed by atoms with Gasteiger partial charge in [-0.2, -0.15) is 0 Å². The van der Waals surface area contributed by atoms with Crippen molar-refractivity contribution in [3.63, 3.8) is 0 Å². The molecule has 0 unspecified atom stereocenters. The summed E-state index contributed by atoms with van der Waals surface area (Å²) in [5.41, 5.74) is 2.26. The average Bonchev–Trinajstić information content (AvgIpc) is 2.52. The van der Waals surface area contributed by atoms with Crippen LogP contribution >= 0.6 is 31.9 Å². The van der Waals surface area contributed by atoms with Crippen LogP contribution < -0.4 is 14.2 Å². The predicted molar refractivity (Wildman–Crippen MR) is 93.2 cm³/mol. The van der Waals surface area contributed by atoms with Gasteiger partial charge in [-0.15, -0.1) is 0 Å². The fourth-order valence-corrected chi connectivity index (χ4v) is 2.35. The molecule has 0 saturated heterocycles. The second-order valence-corrected chi connectivity index (χ2v) is 5.22. The summed E-state index contributed by atoms with van der Waals surface area (Å²) in [6.07, 6.45) is 2.69. The zero-order valence-corrected chi connectivity index (χ0v) is 15.5. The zero-order chi connectivity index (χ0) is 15.7. The molecule has 1 rings (SSSR count). The summed E-state index contributed by atoms with van der Waals surface area (Å²) < 4.78 is 16.0. The maximum absolute atomic E-state index is 5.36. The molecule has 0 saturated carbocycles. The molecule has 0 aromatic heterocycles. The quantitative estimate of drug-likeness (QED) is 0.517. The maximum atomic E-state index is 5.36. The van der Waals surface area contributed by atoms with Crippen molar-refractivity contribution in [3.8, 4) is 29.1 Å². The molecule has 0 fully saturated rings. The van der Waals surface area contributed by atoms with Crippen molar-refractivity contribution < 1.29 is 14.2 Å². The first-order valence-electron chi connectivity index (χ1n) is 6.27. The van der Waals surface area contributed by atoms with Crippen LogP contribution in [0.25, 0.3) is 0 Å². The van der Waals surface area contributed by atoms with Crippen LogP contribution in [-0.2, 0) is 6.42 Å². The lowest BCUT2D eigenvalue weighted by molar-refractivity contribution is 0.324. The molecule has 0 bridgehead atoms. The molecule has 0 N–H and O–H groups in total. The highest BCUT2D eigenvalue weighted by molar-refractivity contribution is 9.09. The zero-order valence-electron chi connectivity index (χ0n) is 12.3. The number of rotatable bonds is 6. The lowest BCUT2D eigenvalue weighted by Crippen LogP contribution is -1.98. The third-order valence-electron chi connectivity index (χ3n) is 2.77. The van der Waals surface area contributed by atoms with E-state index in [2.05, 4.69) is 43.7 Å². The van der Waals surface area contributed by atoms with E-state index in [4.69, 9.17) is 14.2 Å². The Morgan fingerprint density at radius 2 is 1.71 bits per heavy atom. The molecule has 0 atom stereocenters. The lowest BCUT2D eigenvalue weighted by Gasteiger charge is -2.14. The summed E-state index contributed by atoms with van der Waals surface area (Å²) in [5.74, 6) is 7.90. The van der Waals surface area contributed by atoms with Gasteiger partial charge in [0.25, 0.3) is 0 Å². The van der Waals surface area contributed by atoms with Crippen LogP contribution in [0.1, 0.15) is 5.56 Å². The third kappa shape index (κ3) is 5.29. The third-order valence-corrected chi connectivity index (χ3v) is 3.77. The Morgan fingerprint density at radius 1 is 1.10 bits per heavy atom. The SMILES string of the molecule is COc1cc(C/C(=C\C#CCBr)CBr)cc(OC)c1OC. The molecule has 0 spiro atoms. The topological polar surface area (TPSA) is 27.7 Å². The van der Waals surface area contributed by atoms with Gasteiger partial charge in [-0.1, -0.05) is 43.7 Å². The highest BCUT2D eigenvalue weighted by Crippen LogP contribution is 2.38. The molecule has 114 valence electrons. The monoisotopic (exact) mass is 416 g/mol. The summed E-state index contributed by atoms with van der Waals surface area (Å²) in [6, 6.07) is 3.91. The number of allylic oxidation sites excluding steroid dienone is 2. The first-order chi connectivity index (χ1) is 10.2. The standard InChI is InChI=1S/C16H18Br2O3/c1-19-14-9-13(10-15(20-2)16(14)21-3)8-12(11-18)6-4-5-7-17/h6,9-10H,7-8,11H2,1-3H3/b12-6+. The van der Waals surface area contributed by atoms with Crippen molar-refractivity contribution in [2.75, 3.05) is 32.0 Å². The Kier molecular flexibility index (Phi) is 8.33. The molecular weight excluding hydrogens is 400 g/mol. The predicted octanol–water partition coefficient (Wildman–Crippen LogP) is 3.97. The van der Waals surface area contributed by atoms with Gasteiger partial charge in [0.15, 0.2) is 11.5 Å². The molecule has 1 aromatic rings. The van der Waals surface area contributed by atoms with Crippen molar-refractivity contribution in [2.24, 2.45) is 0 Å². The van der Waals surface area contributed by atoms with E-state index in [1.165, 1.54) is 5.57 Å². The lowest BCUT2D eigenvalue weighted by atomic mass is 10.0. The van der Waals surface area contributed by atoms with Crippen LogP contribution in [0.5, 0.6) is 17.2 Å². The van der Waals surface area contributed by atoms with E-state index in [1.807, 2.05) is 18.2 Å². The number of alkyl halides is 2. The van der Waals surface area contributed by atoms with Crippen LogP contribution in [-0.4, -0.2) is 32.0 Å². The van der Waals surface area contributed by atoms with Gasteiger partial charge in [0.05, 0.1) is 26.7 Å². The van der Waals surface area contributed by atoms with Crippen molar-refractivity contribution >= 4 is 31.9 Å². The first kappa shape index (κ1) is 17.9. The van der Waals surface area contributed by atoms with Crippen molar-refractivity contribution in [2.45, 2.75) is 6.42 Å². The van der Waals surface area contributed by atoms with Crippen LogP contribution in [0.3, 0.4) is 0 Å². The highest BCUT2D eigenvalue weighted by atomic mass is 79.9. The van der Waals surface area contributed by atoms with Crippen LogP contribution in [0.4, 0.5) is 0 Å². The fourth-order valence-electron chi connectivity index (χ4n) is 1.83. The summed E-state index contributed by atoms with van der Waals surface area (Å²) in [4.78, 5) is 0. The molecule has 0 aliphatic carbocycles. The van der Waals surface area contributed by atoms with Gasteiger partial charge >= 0.3 is 0 Å². The molecule has 0 aliphatic heterocycles. The van der Waals surface area contributed by atoms with E-state index in [0.29, 0.717) is 22.6 Å². The summed E-state index contributed by atoms with van der Waals surface area (Å²) >= 11 is 6.77. The fraction of sp³-hybridized carbons (Fsp3) is 0.375. The minimum absolute atomic E-state index is 0.604. The molecule has 0 radical (unpaired) electrons.